The van der Waals surface area contributed by atoms with Crippen molar-refractivity contribution in [2.24, 2.45) is 0 Å². The lowest BCUT2D eigenvalue weighted by atomic mass is 10.0. The second-order valence-electron chi connectivity index (χ2n) is 6.62. The molecule has 1 aromatic carbocycles. The van der Waals surface area contributed by atoms with Gasteiger partial charge in [-0.2, -0.15) is 0 Å². The Morgan fingerprint density at radius 3 is 2.77 bits per heavy atom. The molecule has 2 aromatic heterocycles. The molecule has 0 bridgehead atoms. The van der Waals surface area contributed by atoms with Crippen molar-refractivity contribution in [3.63, 3.8) is 0 Å². The fourth-order valence-electron chi connectivity index (χ4n) is 3.17. The molecule has 0 fully saturated rings. The maximum atomic E-state index is 12.6. The summed E-state index contributed by atoms with van der Waals surface area (Å²) in [5.74, 6) is 0.525. The van der Waals surface area contributed by atoms with Crippen molar-refractivity contribution in [1.29, 1.82) is 0 Å². The van der Waals surface area contributed by atoms with Crippen LogP contribution in [0.25, 0.3) is 17.3 Å². The zero-order valence-corrected chi connectivity index (χ0v) is 17.6. The number of nitrogens with zero attached hydrogens (tertiary/aromatic N) is 3. The predicted octanol–water partition coefficient (Wildman–Crippen LogP) is 3.51. The Bertz CT molecular complexity index is 1130. The van der Waals surface area contributed by atoms with Crippen LogP contribution < -0.4 is 5.32 Å². The van der Waals surface area contributed by atoms with Crippen molar-refractivity contribution in [2.45, 2.75) is 18.0 Å². The topological polar surface area (TPSA) is 99.2 Å². The summed E-state index contributed by atoms with van der Waals surface area (Å²) in [7, 11) is 1.32. The largest absolute Gasteiger partial charge is 0.465 e. The van der Waals surface area contributed by atoms with Gasteiger partial charge in [0.2, 0.25) is 11.7 Å². The second-order valence-corrected chi connectivity index (χ2v) is 7.56. The molecule has 0 radical (unpaired) electrons. The van der Waals surface area contributed by atoms with Crippen LogP contribution in [0.3, 0.4) is 0 Å². The monoisotopic (exact) mass is 436 g/mol. The number of ether oxygens (including phenoxy) is 1. The van der Waals surface area contributed by atoms with E-state index in [9.17, 15) is 9.59 Å². The number of thioether (sulfide) groups is 1. The number of carbonyl (C=O) groups is 2. The van der Waals surface area contributed by atoms with Crippen LogP contribution >= 0.6 is 11.8 Å². The van der Waals surface area contributed by atoms with Crippen LogP contribution in [0.5, 0.6) is 0 Å². The van der Waals surface area contributed by atoms with Gasteiger partial charge < -0.3 is 14.5 Å². The molecule has 3 aromatic rings. The fourth-order valence-corrected chi connectivity index (χ4v) is 3.92. The average Bonchev–Trinajstić information content (AvgIpc) is 3.48. The molecular weight excluding hydrogens is 416 g/mol. The first-order chi connectivity index (χ1) is 15.2. The molecule has 31 heavy (non-hydrogen) atoms. The van der Waals surface area contributed by atoms with E-state index in [2.05, 4.69) is 15.5 Å². The van der Waals surface area contributed by atoms with Crippen molar-refractivity contribution in [3.8, 4) is 17.3 Å². The summed E-state index contributed by atoms with van der Waals surface area (Å²) in [6.07, 6.45) is 6.46. The molecule has 0 atom stereocenters. The lowest BCUT2D eigenvalue weighted by molar-refractivity contribution is -0.135. The van der Waals surface area contributed by atoms with Crippen molar-refractivity contribution in [2.75, 3.05) is 12.9 Å². The number of rotatable bonds is 7. The number of carbonyl (C=O) groups excluding carboxylic acids is 2. The molecule has 1 aliphatic carbocycles. The SMILES string of the molecule is COC(=O)C1=C(NC(=O)CSc2nnc(-c3ccco3)n2-c2ccccc2)CCC=C1. The highest BCUT2D eigenvalue weighted by atomic mass is 32.2. The van der Waals surface area contributed by atoms with E-state index in [0.29, 0.717) is 34.4 Å². The molecule has 0 unspecified atom stereocenters. The van der Waals surface area contributed by atoms with Gasteiger partial charge in [0.1, 0.15) is 0 Å². The second kappa shape index (κ2) is 9.48. The van der Waals surface area contributed by atoms with Gasteiger partial charge >= 0.3 is 5.97 Å². The quantitative estimate of drug-likeness (QED) is 0.447. The highest BCUT2D eigenvalue weighted by Crippen LogP contribution is 2.28. The number of nitrogens with one attached hydrogen (secondary N) is 1. The zero-order valence-electron chi connectivity index (χ0n) is 16.8. The Hall–Kier alpha value is -3.59. The Labute approximate surface area is 183 Å². The molecule has 0 saturated carbocycles. The normalized spacial score (nSPS) is 13.3. The summed E-state index contributed by atoms with van der Waals surface area (Å²) in [4.78, 5) is 24.5. The fraction of sp³-hybridized carbons (Fsp3) is 0.182. The molecule has 1 amide bonds. The standard InChI is InChI=1S/C22H20N4O4S/c1-29-21(28)16-10-5-6-11-17(16)23-19(27)14-31-22-25-24-20(18-12-7-13-30-18)26(22)15-8-3-2-4-9-15/h2-5,7-10,12-13H,6,11,14H2,1H3,(H,23,27). The van der Waals surface area contributed by atoms with E-state index in [-0.39, 0.29) is 11.7 Å². The minimum atomic E-state index is -0.467. The Kier molecular flexibility index (Phi) is 6.32. The number of benzene rings is 1. The van der Waals surface area contributed by atoms with Crippen molar-refractivity contribution in [1.82, 2.24) is 20.1 Å². The summed E-state index contributed by atoms with van der Waals surface area (Å²) < 4.78 is 12.1. The smallest absolute Gasteiger partial charge is 0.339 e. The van der Waals surface area contributed by atoms with Crippen molar-refractivity contribution in [3.05, 3.63) is 72.1 Å². The number of para-hydroxylation sites is 1. The number of hydrogen-bond donors (Lipinski definition) is 1. The van der Waals surface area contributed by atoms with E-state index in [4.69, 9.17) is 9.15 Å². The average molecular weight is 436 g/mol. The van der Waals surface area contributed by atoms with Crippen molar-refractivity contribution < 1.29 is 18.7 Å². The Morgan fingerprint density at radius 1 is 1.19 bits per heavy atom. The Morgan fingerprint density at radius 2 is 2.03 bits per heavy atom. The van der Waals surface area contributed by atoms with Gasteiger partial charge in [0.25, 0.3) is 0 Å². The van der Waals surface area contributed by atoms with Crippen LogP contribution in [-0.4, -0.2) is 39.5 Å². The number of esters is 1. The van der Waals surface area contributed by atoms with Gasteiger partial charge in [-0.25, -0.2) is 4.79 Å². The molecule has 0 spiro atoms. The number of aromatic nitrogens is 3. The lowest BCUT2D eigenvalue weighted by Crippen LogP contribution is -2.28. The molecule has 158 valence electrons. The van der Waals surface area contributed by atoms with Gasteiger partial charge in [0, 0.05) is 11.4 Å². The van der Waals surface area contributed by atoms with Crippen LogP contribution in [0.15, 0.2) is 81.7 Å². The molecule has 8 nitrogen and oxygen atoms in total. The molecule has 4 rings (SSSR count). The third-order valence-corrected chi connectivity index (χ3v) is 5.52. The maximum Gasteiger partial charge on any atom is 0.339 e. The van der Waals surface area contributed by atoms with Crippen LogP contribution in [0.2, 0.25) is 0 Å². The third-order valence-electron chi connectivity index (χ3n) is 4.59. The van der Waals surface area contributed by atoms with E-state index in [0.717, 1.165) is 12.1 Å². The van der Waals surface area contributed by atoms with Crippen LogP contribution in [0, 0.1) is 0 Å². The minimum absolute atomic E-state index is 0.102. The number of methoxy groups -OCH3 is 1. The molecule has 1 aliphatic rings. The van der Waals surface area contributed by atoms with Gasteiger partial charge in [-0.15, -0.1) is 10.2 Å². The van der Waals surface area contributed by atoms with E-state index < -0.39 is 5.97 Å². The highest BCUT2D eigenvalue weighted by Gasteiger charge is 2.21. The van der Waals surface area contributed by atoms with E-state index >= 15 is 0 Å². The maximum absolute atomic E-state index is 12.6. The number of hydrogen-bond acceptors (Lipinski definition) is 7. The summed E-state index contributed by atoms with van der Waals surface area (Å²) in [5.41, 5.74) is 1.80. The predicted molar refractivity (Wildman–Crippen MR) is 115 cm³/mol. The van der Waals surface area contributed by atoms with Crippen LogP contribution in [-0.2, 0) is 14.3 Å². The van der Waals surface area contributed by atoms with Gasteiger partial charge in [0.05, 0.1) is 24.7 Å². The molecule has 9 heteroatoms. The first-order valence-corrected chi connectivity index (χ1v) is 10.6. The summed E-state index contributed by atoms with van der Waals surface area (Å²) in [6, 6.07) is 13.2. The van der Waals surface area contributed by atoms with Crippen molar-refractivity contribution >= 4 is 23.6 Å². The van der Waals surface area contributed by atoms with Gasteiger partial charge in [-0.05, 0) is 43.2 Å². The molecule has 0 aliphatic heterocycles. The minimum Gasteiger partial charge on any atom is -0.465 e. The van der Waals surface area contributed by atoms with E-state index in [1.54, 1.807) is 18.4 Å². The van der Waals surface area contributed by atoms with E-state index in [1.165, 1.54) is 18.9 Å². The summed E-state index contributed by atoms with van der Waals surface area (Å²) in [5, 5.41) is 11.9. The van der Waals surface area contributed by atoms with Crippen LogP contribution in [0.4, 0.5) is 0 Å². The summed E-state index contributed by atoms with van der Waals surface area (Å²) >= 11 is 1.25. The number of allylic oxidation sites excluding steroid dienone is 2. The highest BCUT2D eigenvalue weighted by molar-refractivity contribution is 7.99. The zero-order chi connectivity index (χ0) is 21.6. The molecule has 2 heterocycles. The van der Waals surface area contributed by atoms with Gasteiger partial charge in [-0.1, -0.05) is 36.0 Å². The Balaban J connectivity index is 1.54. The van der Waals surface area contributed by atoms with Gasteiger partial charge in [0.15, 0.2) is 10.9 Å². The molecule has 0 saturated heterocycles. The van der Waals surface area contributed by atoms with Crippen LogP contribution in [0.1, 0.15) is 12.8 Å². The summed E-state index contributed by atoms with van der Waals surface area (Å²) in [6.45, 7) is 0. The molecular formula is C22H20N4O4S. The lowest BCUT2D eigenvalue weighted by Gasteiger charge is -2.15. The first-order valence-electron chi connectivity index (χ1n) is 9.62. The number of furan rings is 1. The number of amides is 1. The van der Waals surface area contributed by atoms with E-state index in [1.807, 2.05) is 47.0 Å². The third kappa shape index (κ3) is 4.61. The van der Waals surface area contributed by atoms with Gasteiger partial charge in [-0.3, -0.25) is 9.36 Å². The molecule has 1 N–H and O–H groups in total. The first kappa shape index (κ1) is 20.7.